The predicted octanol–water partition coefficient (Wildman–Crippen LogP) is -0.122. The van der Waals surface area contributed by atoms with Crippen molar-refractivity contribution in [1.29, 1.82) is 0 Å². The van der Waals surface area contributed by atoms with Crippen molar-refractivity contribution in [3.8, 4) is 0 Å². The molecule has 0 spiro atoms. The second kappa shape index (κ2) is 7.79. The minimum atomic E-state index is -3.19. The second-order valence-electron chi connectivity index (χ2n) is 3.24. The van der Waals surface area contributed by atoms with E-state index in [2.05, 4.69) is 12.6 Å². The van der Waals surface area contributed by atoms with Gasteiger partial charge in [0, 0.05) is 4.90 Å². The molecule has 5 N–H and O–H groups in total. The van der Waals surface area contributed by atoms with Crippen LogP contribution in [0.15, 0.2) is 29.4 Å². The number of rotatable bonds is 5. The molecule has 0 saturated heterocycles. The van der Waals surface area contributed by atoms with E-state index < -0.39 is 84.8 Å². The molecule has 0 aliphatic carbocycles. The Balaban J connectivity index is 4.31. The van der Waals surface area contributed by atoms with E-state index in [-0.39, 0.29) is 0 Å². The highest BCUT2D eigenvalue weighted by Gasteiger charge is 2.35. The van der Waals surface area contributed by atoms with Gasteiger partial charge in [0.05, 0.1) is 0 Å². The van der Waals surface area contributed by atoms with Crippen molar-refractivity contribution in [2.24, 2.45) is 0 Å². The molecule has 0 aliphatic heterocycles. The van der Waals surface area contributed by atoms with Gasteiger partial charge in [-0.25, -0.2) is 21.0 Å². The van der Waals surface area contributed by atoms with Crippen LogP contribution in [0.2, 0.25) is 0 Å². The summed E-state index contributed by atoms with van der Waals surface area (Å²) in [5, 5.41) is 0. The summed E-state index contributed by atoms with van der Waals surface area (Å²) < 4.78 is 102. The van der Waals surface area contributed by atoms with E-state index >= 15 is 0 Å². The first kappa shape index (κ1) is 20.2. The molecule has 5 unspecified atom stereocenters. The van der Waals surface area contributed by atoms with Crippen LogP contribution in [-0.2, 0) is 55.4 Å². The van der Waals surface area contributed by atoms with Crippen LogP contribution in [0, 0.1) is 0 Å². The van der Waals surface area contributed by atoms with Crippen LogP contribution in [-0.4, -0.2) is 43.8 Å². The zero-order valence-corrected chi connectivity index (χ0v) is 14.7. The molecule has 0 heterocycles. The molecular formula is C6H6O10S6. The molecule has 0 fully saturated rings. The zero-order chi connectivity index (χ0) is 17.4. The molecule has 0 radical (unpaired) electrons. The third-order valence-corrected chi connectivity index (χ3v) is 7.18. The van der Waals surface area contributed by atoms with E-state index in [4.69, 9.17) is 9.11 Å². The summed E-state index contributed by atoms with van der Waals surface area (Å²) in [6, 6.07) is 0. The van der Waals surface area contributed by atoms with Gasteiger partial charge in [-0.2, -0.15) is 0 Å². The van der Waals surface area contributed by atoms with E-state index in [0.717, 1.165) is 0 Å². The van der Waals surface area contributed by atoms with Gasteiger partial charge in [0.1, 0.15) is 24.5 Å². The zero-order valence-electron chi connectivity index (χ0n) is 9.77. The van der Waals surface area contributed by atoms with Gasteiger partial charge in [0.25, 0.3) is 0 Å². The fraction of sp³-hybridized carbons (Fsp3) is 0. The van der Waals surface area contributed by atoms with Gasteiger partial charge in [-0.05, 0) is 0 Å². The van der Waals surface area contributed by atoms with Crippen LogP contribution in [0.25, 0.3) is 0 Å². The van der Waals surface area contributed by atoms with Gasteiger partial charge >= 0.3 is 0 Å². The largest absolute Gasteiger partial charge is 0.302 e. The number of thiol groups is 1. The number of hydrogen-bond donors (Lipinski definition) is 6. The minimum absolute atomic E-state index is 0.800. The first-order valence-electron chi connectivity index (χ1n) is 4.49. The summed E-state index contributed by atoms with van der Waals surface area (Å²) in [4.78, 5) is -6.20. The Labute approximate surface area is 140 Å². The molecule has 1 aromatic rings. The molecule has 0 aliphatic rings. The molecule has 0 saturated carbocycles. The Hall–Kier alpha value is 0.120. The SMILES string of the molecule is O=S(O)c1c(S)c(S(=O)O)c(S(=O)O)c(S(=O)O)c1S(=O)O. The Morgan fingerprint density at radius 2 is 0.682 bits per heavy atom. The predicted molar refractivity (Wildman–Crippen MR) is 78.9 cm³/mol. The van der Waals surface area contributed by atoms with Gasteiger partial charge in [0.2, 0.25) is 0 Å². The van der Waals surface area contributed by atoms with Crippen molar-refractivity contribution in [3.05, 3.63) is 0 Å². The highest BCUT2D eigenvalue weighted by atomic mass is 32.2. The Bertz CT molecular complexity index is 702. The monoisotopic (exact) mass is 430 g/mol. The van der Waals surface area contributed by atoms with Crippen molar-refractivity contribution < 1.29 is 43.8 Å². The highest BCUT2D eigenvalue weighted by molar-refractivity contribution is 7.87. The van der Waals surface area contributed by atoms with Crippen molar-refractivity contribution in [2.45, 2.75) is 29.4 Å². The van der Waals surface area contributed by atoms with Gasteiger partial charge in [-0.1, -0.05) is 0 Å². The quantitative estimate of drug-likeness (QED) is 0.271. The van der Waals surface area contributed by atoms with Crippen LogP contribution < -0.4 is 0 Å². The van der Waals surface area contributed by atoms with E-state index in [9.17, 15) is 34.7 Å². The maximum Gasteiger partial charge on any atom is 0.189 e. The van der Waals surface area contributed by atoms with E-state index in [1.54, 1.807) is 0 Å². The maximum absolute atomic E-state index is 11.3. The first-order valence-corrected chi connectivity index (χ1v) is 10.5. The average Bonchev–Trinajstić information content (AvgIpc) is 2.34. The van der Waals surface area contributed by atoms with E-state index in [1.165, 1.54) is 0 Å². The lowest BCUT2D eigenvalue weighted by Gasteiger charge is -2.16. The summed E-state index contributed by atoms with van der Waals surface area (Å²) in [7, 11) is 0. The van der Waals surface area contributed by atoms with Gasteiger partial charge < -0.3 is 22.8 Å². The van der Waals surface area contributed by atoms with Crippen molar-refractivity contribution >= 4 is 68.0 Å². The first-order chi connectivity index (χ1) is 10.0. The number of benzene rings is 1. The summed E-state index contributed by atoms with van der Waals surface area (Å²) in [5.74, 6) is 0. The van der Waals surface area contributed by atoms with E-state index in [1.807, 2.05) is 0 Å². The average molecular weight is 431 g/mol. The molecule has 0 bridgehead atoms. The minimum Gasteiger partial charge on any atom is -0.302 e. The molecule has 10 nitrogen and oxygen atoms in total. The van der Waals surface area contributed by atoms with Gasteiger partial charge in [0.15, 0.2) is 55.4 Å². The summed E-state index contributed by atoms with van der Waals surface area (Å²) in [6.07, 6.45) is 0. The smallest absolute Gasteiger partial charge is 0.189 e. The van der Waals surface area contributed by atoms with Crippen molar-refractivity contribution in [2.75, 3.05) is 0 Å². The van der Waals surface area contributed by atoms with Crippen LogP contribution in [0.1, 0.15) is 0 Å². The van der Waals surface area contributed by atoms with Crippen LogP contribution in [0.3, 0.4) is 0 Å². The lowest BCUT2D eigenvalue weighted by atomic mass is 10.3. The van der Waals surface area contributed by atoms with Crippen LogP contribution in [0.4, 0.5) is 0 Å². The summed E-state index contributed by atoms with van der Waals surface area (Å²) in [6.45, 7) is 0. The van der Waals surface area contributed by atoms with Crippen molar-refractivity contribution in [3.63, 3.8) is 0 Å². The van der Waals surface area contributed by atoms with Gasteiger partial charge in [-0.15, -0.1) is 12.6 Å². The van der Waals surface area contributed by atoms with Gasteiger partial charge in [-0.3, -0.25) is 0 Å². The lowest BCUT2D eigenvalue weighted by molar-refractivity contribution is 0.515. The molecule has 16 heteroatoms. The molecule has 1 aromatic carbocycles. The normalized spacial score (nSPS) is 18.5. The standard InChI is InChI=1S/C6H6O10S6/c7-18(8)2-1(17)3(19(9)10)5(21(13)14)6(22(15)16)4(2)20(11)12/h17H,(H,7,8)(H,9,10)(H,11,12)(H,13,14)(H,15,16). The fourth-order valence-corrected chi connectivity index (χ4v) is 6.86. The van der Waals surface area contributed by atoms with Crippen LogP contribution >= 0.6 is 12.6 Å². The molecule has 5 atom stereocenters. The molecule has 0 amide bonds. The molecule has 126 valence electrons. The van der Waals surface area contributed by atoms with E-state index in [0.29, 0.717) is 0 Å². The van der Waals surface area contributed by atoms with Crippen LogP contribution in [0.5, 0.6) is 0 Å². The Kier molecular flexibility index (Phi) is 7.14. The van der Waals surface area contributed by atoms with Crippen molar-refractivity contribution in [1.82, 2.24) is 0 Å². The molecule has 0 aromatic heterocycles. The third-order valence-electron chi connectivity index (χ3n) is 2.13. The maximum atomic E-state index is 11.3. The molecule has 22 heavy (non-hydrogen) atoms. The highest BCUT2D eigenvalue weighted by Crippen LogP contribution is 2.39. The summed E-state index contributed by atoms with van der Waals surface area (Å²) >= 11 is -11.9. The Morgan fingerprint density at radius 1 is 0.500 bits per heavy atom. The number of hydrogen-bond acceptors (Lipinski definition) is 6. The lowest BCUT2D eigenvalue weighted by Crippen LogP contribution is -2.14. The summed E-state index contributed by atoms with van der Waals surface area (Å²) in [5.41, 5.74) is 0. The third kappa shape index (κ3) is 3.78. The topological polar surface area (TPSA) is 186 Å². The second-order valence-corrected chi connectivity index (χ2v) is 8.22. The fourth-order valence-electron chi connectivity index (χ4n) is 1.43. The molecular weight excluding hydrogens is 424 g/mol. The Morgan fingerprint density at radius 3 is 0.864 bits per heavy atom. The molecule has 1 rings (SSSR count).